The van der Waals surface area contributed by atoms with Crippen molar-refractivity contribution in [2.45, 2.75) is 15.7 Å². The van der Waals surface area contributed by atoms with E-state index in [0.717, 1.165) is 0 Å². The van der Waals surface area contributed by atoms with Gasteiger partial charge >= 0.3 is 11.9 Å². The fourth-order valence-corrected chi connectivity index (χ4v) is 4.52. The lowest BCUT2D eigenvalue weighted by Crippen LogP contribution is -2.20. The van der Waals surface area contributed by atoms with Crippen molar-refractivity contribution in [1.82, 2.24) is 9.80 Å². The number of halogens is 4. The van der Waals surface area contributed by atoms with Crippen molar-refractivity contribution in [3.63, 3.8) is 0 Å². The summed E-state index contributed by atoms with van der Waals surface area (Å²) in [5.41, 5.74) is -5.42. The Kier molecular flexibility index (Phi) is 8.11. The zero-order valence-electron chi connectivity index (χ0n) is 20.0. The Hall–Kier alpha value is -2.26. The van der Waals surface area contributed by atoms with Crippen LogP contribution in [0.2, 0.25) is 0 Å². The SMILES string of the molecule is CN(C)CCOC(=O)c1ccc(C2(F)C(Cl)(Cl)C2(F)c2ccc(C(=O)OCCN(C)C)cc2)cc1. The smallest absolute Gasteiger partial charge is 0.338 e. The molecule has 1 aliphatic rings. The van der Waals surface area contributed by atoms with Crippen LogP contribution in [0.25, 0.3) is 0 Å². The zero-order valence-corrected chi connectivity index (χ0v) is 21.5. The van der Waals surface area contributed by atoms with Gasteiger partial charge in [-0.25, -0.2) is 18.4 Å². The van der Waals surface area contributed by atoms with Gasteiger partial charge in [-0.1, -0.05) is 47.5 Å². The van der Waals surface area contributed by atoms with Crippen molar-refractivity contribution in [3.8, 4) is 0 Å². The maximum Gasteiger partial charge on any atom is 0.338 e. The Morgan fingerprint density at radius 3 is 1.31 bits per heavy atom. The number of esters is 2. The number of hydrogen-bond donors (Lipinski definition) is 0. The third-order valence-corrected chi connectivity index (χ3v) is 6.90. The average Bonchev–Trinajstić information content (AvgIpc) is 3.18. The number of ether oxygens (including phenoxy) is 2. The number of rotatable bonds is 10. The lowest BCUT2D eigenvalue weighted by atomic mass is 9.99. The standard InChI is InChI=1S/C25H28Cl2F2N2O4/c1-30(2)13-15-34-21(32)17-5-9-19(10-6-17)23(28)24(29,25(23,26)27)20-11-7-18(8-12-20)22(33)35-16-14-31(3)4/h5-12H,13-16H2,1-4H3. The summed E-state index contributed by atoms with van der Waals surface area (Å²) in [5, 5.41) is 0. The summed E-state index contributed by atoms with van der Waals surface area (Å²) in [7, 11) is 7.38. The Balaban J connectivity index is 1.75. The molecular formula is C25H28Cl2F2N2O4. The molecule has 0 bridgehead atoms. The second kappa shape index (κ2) is 10.4. The molecule has 2 aromatic rings. The van der Waals surface area contributed by atoms with E-state index < -0.39 is 27.6 Å². The van der Waals surface area contributed by atoms with Gasteiger partial charge in [-0.05, 0) is 63.6 Å². The fraction of sp³-hybridized carbons (Fsp3) is 0.440. The first kappa shape index (κ1) is 27.3. The molecule has 3 rings (SSSR count). The highest BCUT2D eigenvalue weighted by molar-refractivity contribution is 6.53. The van der Waals surface area contributed by atoms with E-state index in [1.165, 1.54) is 48.5 Å². The Bertz CT molecular complexity index is 981. The van der Waals surface area contributed by atoms with Crippen LogP contribution in [0.1, 0.15) is 31.8 Å². The van der Waals surface area contributed by atoms with E-state index in [4.69, 9.17) is 32.7 Å². The van der Waals surface area contributed by atoms with Crippen molar-refractivity contribution in [3.05, 3.63) is 70.8 Å². The summed E-state index contributed by atoms with van der Waals surface area (Å²) in [4.78, 5) is 28.0. The number of carbonyl (C=O) groups excluding carboxylic acids is 2. The lowest BCUT2D eigenvalue weighted by molar-refractivity contribution is 0.0472. The van der Waals surface area contributed by atoms with Gasteiger partial charge in [0, 0.05) is 13.1 Å². The normalized spacial score (nSPS) is 22.8. The molecule has 0 heterocycles. The Morgan fingerprint density at radius 2 is 1.03 bits per heavy atom. The van der Waals surface area contributed by atoms with Crippen molar-refractivity contribution < 1.29 is 27.8 Å². The minimum Gasteiger partial charge on any atom is -0.461 e. The van der Waals surface area contributed by atoms with E-state index in [1.807, 2.05) is 38.0 Å². The summed E-state index contributed by atoms with van der Waals surface area (Å²) in [6, 6.07) is 10.4. The Morgan fingerprint density at radius 1 is 0.714 bits per heavy atom. The quantitative estimate of drug-likeness (QED) is 0.337. The molecule has 10 heteroatoms. The maximum atomic E-state index is 16.0. The molecule has 0 amide bonds. The lowest BCUT2D eigenvalue weighted by Gasteiger charge is -2.14. The number of benzene rings is 2. The summed E-state index contributed by atoms with van der Waals surface area (Å²) in [5.74, 6) is -1.16. The molecule has 6 nitrogen and oxygen atoms in total. The fourth-order valence-electron chi connectivity index (χ4n) is 3.66. The number of hydrogen-bond acceptors (Lipinski definition) is 6. The molecule has 0 aliphatic heterocycles. The van der Waals surface area contributed by atoms with Gasteiger partial charge in [-0.2, -0.15) is 0 Å². The van der Waals surface area contributed by atoms with Crippen LogP contribution in [0.15, 0.2) is 48.5 Å². The minimum atomic E-state index is -2.77. The molecule has 190 valence electrons. The van der Waals surface area contributed by atoms with Gasteiger partial charge in [0.2, 0.25) is 15.7 Å². The molecule has 1 aliphatic carbocycles. The van der Waals surface area contributed by atoms with Gasteiger partial charge in [0.15, 0.2) is 0 Å². The summed E-state index contributed by atoms with van der Waals surface area (Å²) >= 11 is 12.3. The molecule has 0 aromatic heterocycles. The molecule has 0 radical (unpaired) electrons. The highest BCUT2D eigenvalue weighted by Gasteiger charge is 2.92. The molecule has 0 N–H and O–H groups in total. The predicted octanol–water partition coefficient (Wildman–Crippen LogP) is 4.34. The molecule has 1 saturated carbocycles. The first-order chi connectivity index (χ1) is 16.4. The summed E-state index contributed by atoms with van der Waals surface area (Å²) < 4.78 is 39.9. The molecule has 0 saturated heterocycles. The molecule has 1 fully saturated rings. The largest absolute Gasteiger partial charge is 0.461 e. The molecule has 2 aromatic carbocycles. The van der Waals surface area contributed by atoms with Crippen LogP contribution in [0.5, 0.6) is 0 Å². The van der Waals surface area contributed by atoms with E-state index >= 15 is 8.78 Å². The van der Waals surface area contributed by atoms with Gasteiger partial charge < -0.3 is 19.3 Å². The Labute approximate surface area is 213 Å². The van der Waals surface area contributed by atoms with Crippen molar-refractivity contribution in [1.29, 1.82) is 0 Å². The second-order valence-electron chi connectivity index (χ2n) is 8.92. The summed E-state index contributed by atoms with van der Waals surface area (Å²) in [6.45, 7) is 1.49. The van der Waals surface area contributed by atoms with Crippen LogP contribution < -0.4 is 0 Å². The van der Waals surface area contributed by atoms with Crippen molar-refractivity contribution >= 4 is 35.1 Å². The van der Waals surface area contributed by atoms with E-state index in [2.05, 4.69) is 0 Å². The maximum absolute atomic E-state index is 16.0. The number of nitrogens with zero attached hydrogens (tertiary/aromatic N) is 2. The van der Waals surface area contributed by atoms with Crippen LogP contribution in [-0.2, 0) is 20.8 Å². The van der Waals surface area contributed by atoms with Crippen molar-refractivity contribution in [2.24, 2.45) is 0 Å². The first-order valence-electron chi connectivity index (χ1n) is 11.0. The highest BCUT2D eigenvalue weighted by Crippen LogP contribution is 2.80. The number of alkyl halides is 4. The molecule has 2 atom stereocenters. The highest BCUT2D eigenvalue weighted by atomic mass is 35.5. The average molecular weight is 529 g/mol. The number of likely N-dealkylation sites (N-methyl/N-ethyl adjacent to an activating group) is 2. The number of carbonyl (C=O) groups is 2. The third-order valence-electron chi connectivity index (χ3n) is 5.86. The van der Waals surface area contributed by atoms with Crippen LogP contribution in [0.4, 0.5) is 8.78 Å². The van der Waals surface area contributed by atoms with Crippen LogP contribution >= 0.6 is 23.2 Å². The van der Waals surface area contributed by atoms with E-state index in [1.54, 1.807) is 0 Å². The third kappa shape index (κ3) is 5.03. The van der Waals surface area contributed by atoms with Gasteiger partial charge in [0.05, 0.1) is 11.1 Å². The van der Waals surface area contributed by atoms with E-state index in [0.29, 0.717) is 13.1 Å². The topological polar surface area (TPSA) is 59.1 Å². The van der Waals surface area contributed by atoms with E-state index in [9.17, 15) is 9.59 Å². The molecule has 35 heavy (non-hydrogen) atoms. The molecule has 2 unspecified atom stereocenters. The van der Waals surface area contributed by atoms with Gasteiger partial charge in [-0.3, -0.25) is 0 Å². The van der Waals surface area contributed by atoms with Crippen molar-refractivity contribution in [2.75, 3.05) is 54.5 Å². The molecular weight excluding hydrogens is 501 g/mol. The van der Waals surface area contributed by atoms with E-state index in [-0.39, 0.29) is 35.5 Å². The predicted molar refractivity (Wildman–Crippen MR) is 131 cm³/mol. The van der Waals surface area contributed by atoms with Crippen LogP contribution in [0, 0.1) is 0 Å². The molecule has 0 spiro atoms. The van der Waals surface area contributed by atoms with Gasteiger partial charge in [0.1, 0.15) is 13.2 Å². The van der Waals surface area contributed by atoms with Crippen LogP contribution in [-0.4, -0.2) is 80.6 Å². The summed E-state index contributed by atoms with van der Waals surface area (Å²) in [6.07, 6.45) is 0. The second-order valence-corrected chi connectivity index (χ2v) is 10.3. The van der Waals surface area contributed by atoms with Gasteiger partial charge in [-0.15, -0.1) is 0 Å². The zero-order chi connectivity index (χ0) is 26.0. The van der Waals surface area contributed by atoms with Gasteiger partial charge in [0.25, 0.3) is 0 Å². The minimum absolute atomic E-state index is 0.123. The van der Waals surface area contributed by atoms with Crippen LogP contribution in [0.3, 0.4) is 0 Å². The first-order valence-corrected chi connectivity index (χ1v) is 11.7. The monoisotopic (exact) mass is 528 g/mol.